The smallest absolute Gasteiger partial charge is 0.125 e. The molecule has 0 atom stereocenters. The first-order valence-electron chi connectivity index (χ1n) is 7.32. The largest absolute Gasteiger partial charge is 0.490 e. The Morgan fingerprint density at radius 2 is 1.74 bits per heavy atom. The van der Waals surface area contributed by atoms with Crippen molar-refractivity contribution >= 4 is 0 Å². The maximum Gasteiger partial charge on any atom is 0.125 e. The van der Waals surface area contributed by atoms with Crippen LogP contribution in [0.25, 0.3) is 0 Å². The molecule has 2 nitrogen and oxygen atoms in total. The van der Waals surface area contributed by atoms with Gasteiger partial charge >= 0.3 is 0 Å². The molecule has 1 aliphatic carbocycles. The summed E-state index contributed by atoms with van der Waals surface area (Å²) in [5, 5.41) is 8.96. The van der Waals surface area contributed by atoms with Crippen molar-refractivity contribution in [1.29, 1.82) is 5.26 Å². The summed E-state index contributed by atoms with van der Waals surface area (Å²) < 4.78 is 6.20. The van der Waals surface area contributed by atoms with Gasteiger partial charge in [0.1, 0.15) is 5.75 Å². The topological polar surface area (TPSA) is 33.0 Å². The summed E-state index contributed by atoms with van der Waals surface area (Å²) in [5.74, 6) is 1.88. The van der Waals surface area contributed by atoms with Gasteiger partial charge in [-0.2, -0.15) is 5.26 Å². The molecule has 2 rings (SSSR count). The van der Waals surface area contributed by atoms with E-state index >= 15 is 0 Å². The quantitative estimate of drug-likeness (QED) is 0.797. The van der Waals surface area contributed by atoms with Crippen LogP contribution in [0.4, 0.5) is 0 Å². The molecule has 1 aromatic rings. The van der Waals surface area contributed by atoms with E-state index < -0.39 is 0 Å². The van der Waals surface area contributed by atoms with Crippen LogP contribution in [0.15, 0.2) is 12.1 Å². The van der Waals surface area contributed by atoms with Crippen molar-refractivity contribution in [2.75, 3.05) is 0 Å². The minimum Gasteiger partial charge on any atom is -0.490 e. The lowest BCUT2D eigenvalue weighted by Gasteiger charge is -2.29. The fraction of sp³-hybridized carbons (Fsp3) is 0.588. The highest BCUT2D eigenvalue weighted by atomic mass is 16.5. The summed E-state index contributed by atoms with van der Waals surface area (Å²) in [4.78, 5) is 0. The van der Waals surface area contributed by atoms with Gasteiger partial charge in [0.05, 0.1) is 17.7 Å². The van der Waals surface area contributed by atoms with E-state index in [1.807, 2.05) is 26.0 Å². The van der Waals surface area contributed by atoms with E-state index in [0.29, 0.717) is 6.10 Å². The van der Waals surface area contributed by atoms with E-state index in [2.05, 4.69) is 13.0 Å². The zero-order valence-electron chi connectivity index (χ0n) is 12.2. The molecular weight excluding hydrogens is 234 g/mol. The third kappa shape index (κ3) is 3.29. The molecule has 19 heavy (non-hydrogen) atoms. The fourth-order valence-corrected chi connectivity index (χ4v) is 3.03. The van der Waals surface area contributed by atoms with Crippen molar-refractivity contribution in [3.63, 3.8) is 0 Å². The second kappa shape index (κ2) is 6.10. The van der Waals surface area contributed by atoms with E-state index in [9.17, 15) is 0 Å². The first-order valence-corrected chi connectivity index (χ1v) is 7.32. The normalized spacial score (nSPS) is 22.8. The van der Waals surface area contributed by atoms with Crippen molar-refractivity contribution in [3.8, 4) is 11.8 Å². The van der Waals surface area contributed by atoms with Crippen LogP contribution in [0.3, 0.4) is 0 Å². The minimum absolute atomic E-state index is 0.355. The van der Waals surface area contributed by atoms with E-state index in [0.717, 1.165) is 41.2 Å². The summed E-state index contributed by atoms with van der Waals surface area (Å²) in [6, 6.07) is 6.03. The van der Waals surface area contributed by atoms with E-state index in [1.54, 1.807) is 0 Å². The van der Waals surface area contributed by atoms with Crippen molar-refractivity contribution in [2.24, 2.45) is 5.92 Å². The zero-order valence-corrected chi connectivity index (χ0v) is 12.2. The molecule has 0 spiro atoms. The second-order valence-electron chi connectivity index (χ2n) is 5.72. The third-order valence-electron chi connectivity index (χ3n) is 4.25. The van der Waals surface area contributed by atoms with Gasteiger partial charge in [-0.25, -0.2) is 0 Å². The molecule has 0 N–H and O–H groups in total. The maximum atomic E-state index is 8.96. The van der Waals surface area contributed by atoms with Gasteiger partial charge in [0.25, 0.3) is 0 Å². The molecular formula is C17H23NO. The number of aryl methyl sites for hydroxylation is 2. The molecule has 1 saturated carbocycles. The van der Waals surface area contributed by atoms with Crippen LogP contribution in [-0.4, -0.2) is 6.10 Å². The summed E-state index contributed by atoms with van der Waals surface area (Å²) in [6.45, 7) is 6.34. The number of nitrogens with zero attached hydrogens (tertiary/aromatic N) is 1. The molecule has 0 bridgehead atoms. The SMILES string of the molecule is CCC1CCC(Oc2c(C)cc(C#N)cc2C)CC1. The number of hydrogen-bond acceptors (Lipinski definition) is 2. The van der Waals surface area contributed by atoms with Crippen LogP contribution in [0.5, 0.6) is 5.75 Å². The van der Waals surface area contributed by atoms with Crippen LogP contribution in [0, 0.1) is 31.1 Å². The third-order valence-corrected chi connectivity index (χ3v) is 4.25. The Morgan fingerprint density at radius 3 is 2.21 bits per heavy atom. The molecule has 0 saturated heterocycles. The molecule has 0 heterocycles. The Hall–Kier alpha value is -1.49. The monoisotopic (exact) mass is 257 g/mol. The molecule has 1 fully saturated rings. The van der Waals surface area contributed by atoms with Gasteiger partial charge in [0, 0.05) is 0 Å². The van der Waals surface area contributed by atoms with Gasteiger partial charge in [0.2, 0.25) is 0 Å². The number of hydrogen-bond donors (Lipinski definition) is 0. The minimum atomic E-state index is 0.355. The second-order valence-corrected chi connectivity index (χ2v) is 5.72. The predicted octanol–water partition coefficient (Wildman–Crippen LogP) is 4.52. The lowest BCUT2D eigenvalue weighted by molar-refractivity contribution is 0.128. The molecule has 0 unspecified atom stereocenters. The first kappa shape index (κ1) is 13.9. The van der Waals surface area contributed by atoms with Gasteiger partial charge in [-0.05, 0) is 68.7 Å². The van der Waals surface area contributed by atoms with Crippen LogP contribution in [0.2, 0.25) is 0 Å². The Balaban J connectivity index is 2.06. The molecule has 1 aromatic carbocycles. The lowest BCUT2D eigenvalue weighted by atomic mass is 9.86. The predicted molar refractivity (Wildman–Crippen MR) is 77.3 cm³/mol. The molecule has 0 aliphatic heterocycles. The fourth-order valence-electron chi connectivity index (χ4n) is 3.03. The molecule has 2 heteroatoms. The highest BCUT2D eigenvalue weighted by Gasteiger charge is 2.22. The number of benzene rings is 1. The number of rotatable bonds is 3. The molecule has 102 valence electrons. The van der Waals surface area contributed by atoms with E-state index in [1.165, 1.54) is 19.3 Å². The van der Waals surface area contributed by atoms with E-state index in [-0.39, 0.29) is 0 Å². The highest BCUT2D eigenvalue weighted by Crippen LogP contribution is 2.32. The molecule has 0 amide bonds. The zero-order chi connectivity index (χ0) is 13.8. The Bertz CT molecular complexity index is 456. The Morgan fingerprint density at radius 1 is 1.16 bits per heavy atom. The number of nitriles is 1. The van der Waals surface area contributed by atoms with Gasteiger partial charge in [-0.3, -0.25) is 0 Å². The molecule has 0 radical (unpaired) electrons. The lowest BCUT2D eigenvalue weighted by Crippen LogP contribution is -2.24. The average molecular weight is 257 g/mol. The van der Waals surface area contributed by atoms with Crippen LogP contribution >= 0.6 is 0 Å². The van der Waals surface area contributed by atoms with Gasteiger partial charge in [-0.15, -0.1) is 0 Å². The van der Waals surface area contributed by atoms with Crippen molar-refractivity contribution in [3.05, 3.63) is 28.8 Å². The summed E-state index contributed by atoms with van der Waals surface area (Å²) in [6.07, 6.45) is 6.55. The Kier molecular flexibility index (Phi) is 4.47. The Labute approximate surface area is 116 Å². The van der Waals surface area contributed by atoms with Gasteiger partial charge in [0.15, 0.2) is 0 Å². The summed E-state index contributed by atoms with van der Waals surface area (Å²) in [5.41, 5.74) is 2.88. The van der Waals surface area contributed by atoms with Crippen molar-refractivity contribution in [2.45, 2.75) is 59.0 Å². The average Bonchev–Trinajstić information content (AvgIpc) is 2.43. The highest BCUT2D eigenvalue weighted by molar-refractivity contribution is 5.47. The summed E-state index contributed by atoms with van der Waals surface area (Å²) in [7, 11) is 0. The molecule has 1 aliphatic rings. The van der Waals surface area contributed by atoms with Crippen LogP contribution in [-0.2, 0) is 0 Å². The van der Waals surface area contributed by atoms with Gasteiger partial charge < -0.3 is 4.74 Å². The first-order chi connectivity index (χ1) is 9.13. The number of ether oxygens (including phenoxy) is 1. The van der Waals surface area contributed by atoms with Crippen LogP contribution in [0.1, 0.15) is 55.7 Å². The van der Waals surface area contributed by atoms with Gasteiger partial charge in [-0.1, -0.05) is 13.3 Å². The van der Waals surface area contributed by atoms with Crippen molar-refractivity contribution < 1.29 is 4.74 Å². The maximum absolute atomic E-state index is 8.96. The van der Waals surface area contributed by atoms with Crippen molar-refractivity contribution in [1.82, 2.24) is 0 Å². The molecule has 0 aromatic heterocycles. The van der Waals surface area contributed by atoms with Crippen LogP contribution < -0.4 is 4.74 Å². The van der Waals surface area contributed by atoms with E-state index in [4.69, 9.17) is 10.00 Å². The standard InChI is InChI=1S/C17H23NO/c1-4-14-5-7-16(8-6-14)19-17-12(2)9-15(11-18)10-13(17)3/h9-10,14,16H,4-8H2,1-3H3. The summed E-state index contributed by atoms with van der Waals surface area (Å²) >= 11 is 0.